The van der Waals surface area contributed by atoms with Gasteiger partial charge >= 0.3 is 12.1 Å². The van der Waals surface area contributed by atoms with Gasteiger partial charge in [0.1, 0.15) is 12.6 Å². The number of hydrogen-bond acceptors (Lipinski definition) is 7. The largest absolute Gasteiger partial charge is 0.480 e. The number of carbonyl (C=O) groups excluding carboxylic acids is 1. The van der Waals surface area contributed by atoms with E-state index in [1.54, 1.807) is 30.3 Å². The van der Waals surface area contributed by atoms with Gasteiger partial charge in [-0.3, -0.25) is 20.2 Å². The Balaban J connectivity index is 1.76. The first-order valence-corrected chi connectivity index (χ1v) is 10.4. The maximum Gasteiger partial charge on any atom is 0.407 e. The minimum atomic E-state index is -1.23. The summed E-state index contributed by atoms with van der Waals surface area (Å²) in [5.41, 5.74) is 1.60. The van der Waals surface area contributed by atoms with E-state index in [0.717, 1.165) is 5.56 Å². The summed E-state index contributed by atoms with van der Waals surface area (Å²) in [4.78, 5) is 44.9. The van der Waals surface area contributed by atoms with Crippen molar-refractivity contribution >= 4 is 23.4 Å². The number of carbonyl (C=O) groups is 2. The van der Waals surface area contributed by atoms with Crippen molar-refractivity contribution in [3.63, 3.8) is 0 Å². The van der Waals surface area contributed by atoms with Crippen LogP contribution in [0, 0.1) is 20.2 Å². The van der Waals surface area contributed by atoms with E-state index in [-0.39, 0.29) is 24.4 Å². The van der Waals surface area contributed by atoms with Gasteiger partial charge in [0.25, 0.3) is 11.4 Å². The van der Waals surface area contributed by atoms with Gasteiger partial charge in [-0.25, -0.2) is 9.59 Å². The van der Waals surface area contributed by atoms with Gasteiger partial charge in [0.05, 0.1) is 9.85 Å². The number of aliphatic carboxylic acids is 1. The number of alkyl carbamates (subject to hydrolysis) is 1. The van der Waals surface area contributed by atoms with Crippen molar-refractivity contribution in [2.24, 2.45) is 0 Å². The maximum absolute atomic E-state index is 12.4. The standard InChI is InChI=1S/C24H21N3O8/c28-23(29)22(14-16-4-2-1-3-5-16)25-24(30)35-15-21(17-6-10-19(11-7-17)26(31)32)18-8-12-20(13-9-18)27(33)34/h1-13,21-22H,14-15H2,(H,25,30)(H,28,29)/t22-/m0/s1. The molecule has 3 aromatic carbocycles. The Morgan fingerprint density at radius 1 is 0.829 bits per heavy atom. The van der Waals surface area contributed by atoms with E-state index in [1.165, 1.54) is 48.5 Å². The molecule has 2 N–H and O–H groups in total. The molecular formula is C24H21N3O8. The van der Waals surface area contributed by atoms with Gasteiger partial charge in [-0.05, 0) is 16.7 Å². The van der Waals surface area contributed by atoms with Gasteiger partial charge in [0, 0.05) is 36.6 Å². The molecule has 35 heavy (non-hydrogen) atoms. The van der Waals surface area contributed by atoms with Gasteiger partial charge in [-0.2, -0.15) is 0 Å². The highest BCUT2D eigenvalue weighted by Crippen LogP contribution is 2.28. The summed E-state index contributed by atoms with van der Waals surface area (Å²) in [6.45, 7) is -0.237. The Labute approximate surface area is 199 Å². The lowest BCUT2D eigenvalue weighted by Gasteiger charge is -2.20. The van der Waals surface area contributed by atoms with E-state index >= 15 is 0 Å². The third-order valence-electron chi connectivity index (χ3n) is 5.27. The van der Waals surface area contributed by atoms with E-state index in [2.05, 4.69) is 5.32 Å². The number of benzene rings is 3. The van der Waals surface area contributed by atoms with Crippen molar-refractivity contribution in [1.82, 2.24) is 5.32 Å². The number of nitro groups is 2. The van der Waals surface area contributed by atoms with Crippen molar-refractivity contribution in [2.45, 2.75) is 18.4 Å². The second kappa shape index (κ2) is 11.4. The summed E-state index contributed by atoms with van der Waals surface area (Å²) < 4.78 is 5.31. The zero-order chi connectivity index (χ0) is 25.4. The van der Waals surface area contributed by atoms with Crippen LogP contribution in [0.3, 0.4) is 0 Å². The fourth-order valence-electron chi connectivity index (χ4n) is 3.43. The fraction of sp³-hybridized carbons (Fsp3) is 0.167. The minimum absolute atomic E-state index is 0.0550. The van der Waals surface area contributed by atoms with E-state index in [4.69, 9.17) is 4.74 Å². The first-order valence-electron chi connectivity index (χ1n) is 10.4. The molecule has 0 aliphatic heterocycles. The molecule has 0 fully saturated rings. The summed E-state index contributed by atoms with van der Waals surface area (Å²) >= 11 is 0. The number of carboxylic acid groups (broad SMARTS) is 1. The molecule has 0 unspecified atom stereocenters. The summed E-state index contributed by atoms with van der Waals surface area (Å²) in [5.74, 6) is -1.84. The summed E-state index contributed by atoms with van der Waals surface area (Å²) in [6.07, 6.45) is -0.901. The lowest BCUT2D eigenvalue weighted by Crippen LogP contribution is -2.42. The summed E-state index contributed by atoms with van der Waals surface area (Å²) in [7, 11) is 0. The van der Waals surface area contributed by atoms with Crippen molar-refractivity contribution in [2.75, 3.05) is 6.61 Å². The van der Waals surface area contributed by atoms with Crippen LogP contribution in [0.15, 0.2) is 78.9 Å². The second-order valence-electron chi connectivity index (χ2n) is 7.57. The lowest BCUT2D eigenvalue weighted by atomic mass is 9.92. The number of nitrogens with zero attached hydrogens (tertiary/aromatic N) is 2. The van der Waals surface area contributed by atoms with E-state index < -0.39 is 33.9 Å². The highest BCUT2D eigenvalue weighted by Gasteiger charge is 2.23. The van der Waals surface area contributed by atoms with Gasteiger partial charge in [-0.15, -0.1) is 0 Å². The zero-order valence-corrected chi connectivity index (χ0v) is 18.3. The van der Waals surface area contributed by atoms with Crippen molar-refractivity contribution in [3.05, 3.63) is 116 Å². The molecule has 3 rings (SSSR count). The van der Waals surface area contributed by atoms with Gasteiger partial charge in [0.2, 0.25) is 0 Å². The van der Waals surface area contributed by atoms with Crippen molar-refractivity contribution in [3.8, 4) is 0 Å². The first kappa shape index (κ1) is 24.8. The molecular weight excluding hydrogens is 458 g/mol. The number of nitro benzene ring substituents is 2. The molecule has 1 amide bonds. The molecule has 3 aromatic rings. The molecule has 0 saturated heterocycles. The Hall–Kier alpha value is -4.80. The molecule has 0 radical (unpaired) electrons. The predicted molar refractivity (Wildman–Crippen MR) is 124 cm³/mol. The van der Waals surface area contributed by atoms with Gasteiger partial charge < -0.3 is 15.2 Å². The molecule has 0 heterocycles. The van der Waals surface area contributed by atoms with Crippen LogP contribution >= 0.6 is 0 Å². The van der Waals surface area contributed by atoms with Crippen molar-refractivity contribution in [1.29, 1.82) is 0 Å². The molecule has 0 aliphatic carbocycles. The average Bonchev–Trinajstić information content (AvgIpc) is 2.85. The number of carboxylic acids is 1. The average molecular weight is 479 g/mol. The Morgan fingerprint density at radius 2 is 1.31 bits per heavy atom. The smallest absolute Gasteiger partial charge is 0.407 e. The molecule has 0 aliphatic rings. The highest BCUT2D eigenvalue weighted by atomic mass is 16.6. The Kier molecular flexibility index (Phi) is 8.06. The van der Waals surface area contributed by atoms with Crippen LogP contribution in [-0.2, 0) is 16.0 Å². The van der Waals surface area contributed by atoms with Crippen molar-refractivity contribution < 1.29 is 29.3 Å². The topological polar surface area (TPSA) is 162 Å². The third kappa shape index (κ3) is 6.84. The molecule has 11 heteroatoms. The molecule has 0 saturated carbocycles. The molecule has 0 bridgehead atoms. The van der Waals surface area contributed by atoms with Crippen LogP contribution in [0.5, 0.6) is 0 Å². The second-order valence-corrected chi connectivity index (χ2v) is 7.57. The molecule has 0 aromatic heterocycles. The first-order chi connectivity index (χ1) is 16.7. The summed E-state index contributed by atoms with van der Waals surface area (Å²) in [6, 6.07) is 18.8. The number of rotatable bonds is 10. The van der Waals surface area contributed by atoms with E-state index in [0.29, 0.717) is 11.1 Å². The number of nitrogens with one attached hydrogen (secondary N) is 1. The fourth-order valence-corrected chi connectivity index (χ4v) is 3.43. The maximum atomic E-state index is 12.4. The lowest BCUT2D eigenvalue weighted by molar-refractivity contribution is -0.385. The molecule has 1 atom stereocenters. The number of non-ortho nitro benzene ring substituents is 2. The van der Waals surface area contributed by atoms with E-state index in [1.807, 2.05) is 0 Å². The Morgan fingerprint density at radius 3 is 1.74 bits per heavy atom. The number of hydrogen-bond donors (Lipinski definition) is 2. The van der Waals surface area contributed by atoms with Crippen LogP contribution in [0.2, 0.25) is 0 Å². The van der Waals surface area contributed by atoms with Crippen LogP contribution in [0.25, 0.3) is 0 Å². The molecule has 0 spiro atoms. The number of amides is 1. The molecule has 11 nitrogen and oxygen atoms in total. The quantitative estimate of drug-likeness (QED) is 0.325. The normalized spacial score (nSPS) is 11.5. The minimum Gasteiger partial charge on any atom is -0.480 e. The summed E-state index contributed by atoms with van der Waals surface area (Å²) in [5, 5.41) is 33.8. The van der Waals surface area contributed by atoms with Crippen LogP contribution in [0.1, 0.15) is 22.6 Å². The zero-order valence-electron chi connectivity index (χ0n) is 18.3. The highest BCUT2D eigenvalue weighted by molar-refractivity contribution is 5.80. The van der Waals surface area contributed by atoms with Gasteiger partial charge in [0.15, 0.2) is 0 Å². The van der Waals surface area contributed by atoms with Crippen LogP contribution < -0.4 is 5.32 Å². The SMILES string of the molecule is O=C(N[C@@H](Cc1ccccc1)C(=O)O)OCC(c1ccc([N+](=O)[O-])cc1)c1ccc([N+](=O)[O-])cc1. The van der Waals surface area contributed by atoms with Gasteiger partial charge in [-0.1, -0.05) is 54.6 Å². The van der Waals surface area contributed by atoms with Crippen LogP contribution in [0.4, 0.5) is 16.2 Å². The Bertz CT molecular complexity index is 1140. The third-order valence-corrected chi connectivity index (χ3v) is 5.27. The van der Waals surface area contributed by atoms with E-state index in [9.17, 15) is 34.9 Å². The number of ether oxygens (including phenoxy) is 1. The monoisotopic (exact) mass is 479 g/mol. The molecule has 180 valence electrons. The predicted octanol–water partition coefficient (Wildman–Crippen LogP) is 4.06. The van der Waals surface area contributed by atoms with Crippen LogP contribution in [-0.4, -0.2) is 39.7 Å².